The first-order valence-electron chi connectivity index (χ1n) is 19.5. The fourth-order valence-corrected chi connectivity index (χ4v) is 6.59. The van der Waals surface area contributed by atoms with Crippen molar-refractivity contribution in [2.45, 2.75) is 63.8 Å². The van der Waals surface area contributed by atoms with Crippen LogP contribution in [0.25, 0.3) is 0 Å². The lowest BCUT2D eigenvalue weighted by Gasteiger charge is -2.35. The lowest BCUT2D eigenvalue weighted by molar-refractivity contribution is -0.205. The molecule has 0 heterocycles. The predicted molar refractivity (Wildman–Crippen MR) is 211 cm³/mol. The number of amides is 4. The Labute approximate surface area is 337 Å². The number of ether oxygens (including phenoxy) is 6. The van der Waals surface area contributed by atoms with Crippen molar-refractivity contribution in [3.05, 3.63) is 29.8 Å². The molecule has 2 unspecified atom stereocenters. The van der Waals surface area contributed by atoms with E-state index < -0.39 is 43.1 Å². The zero-order valence-corrected chi connectivity index (χ0v) is 35.1. The maximum Gasteiger partial charge on any atom is 0.237 e. The van der Waals surface area contributed by atoms with Gasteiger partial charge in [-0.25, -0.2) is 0 Å². The summed E-state index contributed by atoms with van der Waals surface area (Å²) in [5, 5.41) is 11.4. The summed E-state index contributed by atoms with van der Waals surface area (Å²) < 4.78 is 48.9. The lowest BCUT2D eigenvalue weighted by Crippen LogP contribution is -2.54. The van der Waals surface area contributed by atoms with E-state index in [9.17, 15) is 28.6 Å². The third kappa shape index (κ3) is 21.5. The molecule has 4 amide bonds. The number of rotatable bonds is 31. The van der Waals surface area contributed by atoms with Crippen LogP contribution >= 0.6 is 7.60 Å². The first-order chi connectivity index (χ1) is 27.4. The van der Waals surface area contributed by atoms with Gasteiger partial charge in [-0.1, -0.05) is 26.0 Å². The van der Waals surface area contributed by atoms with Gasteiger partial charge in [0, 0.05) is 58.2 Å². The van der Waals surface area contributed by atoms with Crippen LogP contribution in [-0.2, 0) is 63.1 Å². The normalized spacial score (nSPS) is 17.2. The fraction of sp³-hybridized carbons (Fsp3) is 0.737. The molecule has 0 radical (unpaired) electrons. The summed E-state index contributed by atoms with van der Waals surface area (Å²) in [4.78, 5) is 67.0. The maximum atomic E-state index is 13.8. The van der Waals surface area contributed by atoms with E-state index in [1.807, 2.05) is 0 Å². The van der Waals surface area contributed by atoms with Crippen molar-refractivity contribution in [1.82, 2.24) is 20.9 Å². The minimum Gasteiger partial charge on any atom is -0.778 e. The van der Waals surface area contributed by atoms with Gasteiger partial charge in [-0.05, 0) is 49.8 Å². The highest BCUT2D eigenvalue weighted by atomic mass is 31.2. The molecule has 57 heavy (non-hydrogen) atoms. The molecule has 1 aromatic carbocycles. The summed E-state index contributed by atoms with van der Waals surface area (Å²) in [6, 6.07) is 6.06. The zero-order valence-electron chi connectivity index (χ0n) is 34.3. The molecule has 0 saturated heterocycles. The number of anilines is 1. The third-order valence-electron chi connectivity index (χ3n) is 9.04. The second kappa shape index (κ2) is 29.2. The van der Waals surface area contributed by atoms with Crippen molar-refractivity contribution >= 4 is 36.9 Å². The summed E-state index contributed by atoms with van der Waals surface area (Å²) in [7, 11) is 0.746. The van der Waals surface area contributed by atoms with E-state index in [-0.39, 0.29) is 70.8 Å². The number of benzene rings is 1. The topological polar surface area (TPSA) is 224 Å². The molecule has 1 fully saturated rings. The number of nitrogens with zero attached hydrogens (tertiary/aromatic N) is 1. The molecule has 0 aromatic heterocycles. The van der Waals surface area contributed by atoms with Crippen LogP contribution < -0.4 is 26.2 Å². The average molecular weight is 831 g/mol. The van der Waals surface area contributed by atoms with Crippen molar-refractivity contribution in [3.63, 3.8) is 0 Å². The molecule has 326 valence electrons. The highest BCUT2D eigenvalue weighted by molar-refractivity contribution is 7.52. The SMILES string of the molecule is COCCOCCNC(=O)CN(CC(=O)NCCOCCOC)C(Cc1ccc(NC(=O)C2CCC(OP(=O)([O-])C(C)C)CC2)cc1)C(=O)NCCOCCOC. The Hall–Kier alpha value is -3.03. The molecule has 19 heteroatoms. The lowest BCUT2D eigenvalue weighted by atomic mass is 9.87. The van der Waals surface area contributed by atoms with Crippen LogP contribution in [0.1, 0.15) is 45.1 Å². The van der Waals surface area contributed by atoms with Crippen LogP contribution in [0.4, 0.5) is 5.69 Å². The quantitative estimate of drug-likeness (QED) is 0.0598. The first-order valence-corrected chi connectivity index (χ1v) is 21.1. The van der Waals surface area contributed by atoms with E-state index >= 15 is 0 Å². The number of carbonyl (C=O) groups excluding carboxylic acids is 4. The molecule has 1 saturated carbocycles. The molecule has 2 atom stereocenters. The van der Waals surface area contributed by atoms with Gasteiger partial charge < -0.3 is 63.7 Å². The van der Waals surface area contributed by atoms with E-state index in [2.05, 4.69) is 21.3 Å². The Morgan fingerprint density at radius 1 is 0.719 bits per heavy atom. The van der Waals surface area contributed by atoms with Gasteiger partial charge >= 0.3 is 0 Å². The maximum absolute atomic E-state index is 13.8. The monoisotopic (exact) mass is 830 g/mol. The number of methoxy groups -OCH3 is 3. The van der Waals surface area contributed by atoms with Crippen LogP contribution in [0.15, 0.2) is 24.3 Å². The number of hydrogen-bond acceptors (Lipinski definition) is 14. The van der Waals surface area contributed by atoms with E-state index in [1.54, 1.807) is 59.4 Å². The summed E-state index contributed by atoms with van der Waals surface area (Å²) in [5.41, 5.74) is 0.664. The van der Waals surface area contributed by atoms with Gasteiger partial charge in [0.25, 0.3) is 0 Å². The Bertz CT molecular complexity index is 1320. The van der Waals surface area contributed by atoms with E-state index in [0.717, 1.165) is 5.56 Å². The summed E-state index contributed by atoms with van der Waals surface area (Å²) in [5.74, 6) is -1.67. The van der Waals surface area contributed by atoms with E-state index in [0.29, 0.717) is 71.0 Å². The minimum atomic E-state index is -3.95. The number of carbonyl (C=O) groups is 4. The fourth-order valence-electron chi connectivity index (χ4n) is 5.72. The van der Waals surface area contributed by atoms with Crippen LogP contribution in [-0.4, -0.2) is 160 Å². The first kappa shape index (κ1) is 50.1. The van der Waals surface area contributed by atoms with Crippen LogP contribution in [0.2, 0.25) is 0 Å². The van der Waals surface area contributed by atoms with Gasteiger partial charge in [0.2, 0.25) is 23.6 Å². The van der Waals surface area contributed by atoms with Gasteiger partial charge in [0.15, 0.2) is 0 Å². The van der Waals surface area contributed by atoms with Crippen molar-refractivity contribution in [3.8, 4) is 0 Å². The number of hydrogen-bond donors (Lipinski definition) is 4. The molecule has 0 bridgehead atoms. The van der Waals surface area contributed by atoms with Gasteiger partial charge in [0.1, 0.15) is 7.60 Å². The molecular weight excluding hydrogens is 765 g/mol. The summed E-state index contributed by atoms with van der Waals surface area (Å²) in [6.45, 7) is 6.36. The zero-order chi connectivity index (χ0) is 41.9. The van der Waals surface area contributed by atoms with Crippen molar-refractivity contribution in [1.29, 1.82) is 0 Å². The van der Waals surface area contributed by atoms with Gasteiger partial charge in [-0.3, -0.25) is 24.1 Å². The van der Waals surface area contributed by atoms with E-state index in [1.165, 1.54) is 4.90 Å². The Kier molecular flexibility index (Phi) is 25.7. The molecular formula is C38H65N5O13P-. The van der Waals surface area contributed by atoms with Crippen LogP contribution in [0, 0.1) is 5.92 Å². The highest BCUT2D eigenvalue weighted by Gasteiger charge is 2.31. The molecule has 18 nitrogen and oxygen atoms in total. The molecule has 2 rings (SSSR count). The summed E-state index contributed by atoms with van der Waals surface area (Å²) >= 11 is 0. The average Bonchev–Trinajstić information content (AvgIpc) is 3.18. The Morgan fingerprint density at radius 3 is 1.65 bits per heavy atom. The van der Waals surface area contributed by atoms with Crippen molar-refractivity contribution < 1.29 is 61.6 Å². The number of nitrogens with one attached hydrogen (secondary N) is 4. The molecule has 0 spiro atoms. The Morgan fingerprint density at radius 2 is 1.19 bits per heavy atom. The van der Waals surface area contributed by atoms with Crippen molar-refractivity contribution in [2.75, 3.05) is 119 Å². The van der Waals surface area contributed by atoms with Crippen LogP contribution in [0.5, 0.6) is 0 Å². The molecule has 0 aliphatic heterocycles. The molecule has 1 aliphatic rings. The van der Waals surface area contributed by atoms with Crippen molar-refractivity contribution in [2.24, 2.45) is 5.92 Å². The third-order valence-corrected chi connectivity index (χ3v) is 10.9. The summed E-state index contributed by atoms with van der Waals surface area (Å²) in [6.07, 6.45) is 1.64. The minimum absolute atomic E-state index is 0.134. The Balaban J connectivity index is 2.16. The smallest absolute Gasteiger partial charge is 0.237 e. The second-order valence-electron chi connectivity index (χ2n) is 13.8. The molecule has 4 N–H and O–H groups in total. The molecule has 1 aromatic rings. The van der Waals surface area contributed by atoms with Gasteiger partial charge in [0.05, 0.1) is 84.7 Å². The highest BCUT2D eigenvalue weighted by Crippen LogP contribution is 2.46. The predicted octanol–water partition coefficient (Wildman–Crippen LogP) is 0.713. The molecule has 1 aliphatic carbocycles. The largest absolute Gasteiger partial charge is 0.778 e. The van der Waals surface area contributed by atoms with Gasteiger partial charge in [-0.15, -0.1) is 0 Å². The van der Waals surface area contributed by atoms with Gasteiger partial charge in [-0.2, -0.15) is 0 Å². The van der Waals surface area contributed by atoms with Crippen LogP contribution in [0.3, 0.4) is 0 Å². The van der Waals surface area contributed by atoms with E-state index in [4.69, 9.17) is 32.9 Å². The standard InChI is InChI=1S/C38H66N5O13P/c1-29(2)57(48,49)56-33-12-8-31(9-13-33)37(46)42-32-10-6-30(7-11-32)26-34(38(47)41-16-19-55-25-22-52-5)43(27-35(44)39-14-17-53-23-20-50-3)28-36(45)40-15-18-54-24-21-51-4/h6-7,10-11,29,31,33-34H,8-9,12-28H2,1-5H3,(H,39,44)(H,40,45)(H,41,47)(H,42,46)(H,48,49)/p-1. The second-order valence-corrected chi connectivity index (χ2v) is 16.2.